The van der Waals surface area contributed by atoms with Crippen molar-refractivity contribution in [1.29, 1.82) is 0 Å². The molecule has 0 saturated heterocycles. The summed E-state index contributed by atoms with van der Waals surface area (Å²) in [5, 5.41) is 18.6. The lowest BCUT2D eigenvalue weighted by Crippen LogP contribution is -2.23. The molecule has 1 atom stereocenters. The largest absolute Gasteiger partial charge is 0.479 e. The van der Waals surface area contributed by atoms with Crippen molar-refractivity contribution in [2.75, 3.05) is 5.73 Å². The van der Waals surface area contributed by atoms with Gasteiger partial charge in [-0.2, -0.15) is 14.6 Å². The molecule has 0 bridgehead atoms. The van der Waals surface area contributed by atoms with Gasteiger partial charge in [0.15, 0.2) is 23.1 Å². The molecule has 4 heterocycles. The molecule has 5 aromatic rings. The SMILES string of the molecule is Nc1nc2c(cnn2C(C(=O)O)c2ccccc2F)c2nc(-c3ccco3)nn12. The van der Waals surface area contributed by atoms with Crippen molar-refractivity contribution in [2.45, 2.75) is 6.04 Å². The summed E-state index contributed by atoms with van der Waals surface area (Å²) in [7, 11) is 0. The first kappa shape index (κ1) is 16.9. The van der Waals surface area contributed by atoms with Crippen molar-refractivity contribution in [1.82, 2.24) is 29.4 Å². The van der Waals surface area contributed by atoms with E-state index in [4.69, 9.17) is 10.2 Å². The number of carboxylic acids is 1. The van der Waals surface area contributed by atoms with Crippen LogP contribution >= 0.6 is 0 Å². The highest BCUT2D eigenvalue weighted by atomic mass is 19.1. The number of aromatic nitrogens is 6. The Labute approximate surface area is 161 Å². The van der Waals surface area contributed by atoms with Crippen LogP contribution in [0.1, 0.15) is 11.6 Å². The third-order valence-corrected chi connectivity index (χ3v) is 4.47. The molecule has 10 nitrogen and oxygen atoms in total. The number of benzene rings is 1. The number of nitrogens with zero attached hydrogens (tertiary/aromatic N) is 6. The first-order valence-corrected chi connectivity index (χ1v) is 8.45. The minimum atomic E-state index is -1.43. The summed E-state index contributed by atoms with van der Waals surface area (Å²) >= 11 is 0. The quantitative estimate of drug-likeness (QED) is 0.474. The monoisotopic (exact) mass is 393 g/mol. The molecule has 1 unspecified atom stereocenters. The van der Waals surface area contributed by atoms with Crippen molar-refractivity contribution in [3.05, 3.63) is 60.2 Å². The minimum absolute atomic E-state index is 0.0303. The number of carboxylic acid groups (broad SMARTS) is 1. The summed E-state index contributed by atoms with van der Waals surface area (Å²) in [6.07, 6.45) is 2.89. The summed E-state index contributed by atoms with van der Waals surface area (Å²) in [5.74, 6) is -1.27. The second-order valence-electron chi connectivity index (χ2n) is 6.21. The molecule has 144 valence electrons. The molecule has 1 aromatic carbocycles. The Balaban J connectivity index is 1.76. The highest BCUT2D eigenvalue weighted by molar-refractivity contribution is 5.91. The van der Waals surface area contributed by atoms with Gasteiger partial charge in [-0.05, 0) is 18.2 Å². The van der Waals surface area contributed by atoms with Crippen LogP contribution in [-0.4, -0.2) is 40.4 Å². The van der Waals surface area contributed by atoms with Crippen molar-refractivity contribution in [3.8, 4) is 11.6 Å². The Morgan fingerprint density at radius 3 is 2.72 bits per heavy atom. The predicted octanol–water partition coefficient (Wildman–Crippen LogP) is 2.13. The molecule has 0 aliphatic carbocycles. The van der Waals surface area contributed by atoms with E-state index in [1.165, 1.54) is 35.2 Å². The molecule has 0 amide bonds. The van der Waals surface area contributed by atoms with Crippen molar-refractivity contribution < 1.29 is 18.7 Å². The standard InChI is InChI=1S/C18H12FN7O3/c19-11-5-2-1-4-9(11)13(17(27)28)25-16-10(8-21-25)15-22-14(12-6-3-7-29-12)24-26(15)18(20)23-16/h1-8,13H,(H2,20,23)(H,27,28). The van der Waals surface area contributed by atoms with Crippen LogP contribution in [0.4, 0.5) is 10.3 Å². The molecule has 0 fully saturated rings. The van der Waals surface area contributed by atoms with E-state index in [0.717, 1.165) is 4.68 Å². The zero-order chi connectivity index (χ0) is 20.1. The van der Waals surface area contributed by atoms with E-state index >= 15 is 0 Å². The fraction of sp³-hybridized carbons (Fsp3) is 0.0556. The molecule has 0 radical (unpaired) electrons. The van der Waals surface area contributed by atoms with Crippen LogP contribution in [0.15, 0.2) is 53.3 Å². The molecule has 4 aromatic heterocycles. The maximum absolute atomic E-state index is 14.3. The fourth-order valence-corrected chi connectivity index (χ4v) is 3.19. The lowest BCUT2D eigenvalue weighted by atomic mass is 10.1. The van der Waals surface area contributed by atoms with Crippen LogP contribution in [-0.2, 0) is 4.79 Å². The zero-order valence-corrected chi connectivity index (χ0v) is 14.6. The van der Waals surface area contributed by atoms with E-state index in [0.29, 0.717) is 16.8 Å². The van der Waals surface area contributed by atoms with Gasteiger partial charge in [0.25, 0.3) is 0 Å². The Bertz CT molecular complexity index is 1370. The Morgan fingerprint density at radius 1 is 1.17 bits per heavy atom. The summed E-state index contributed by atoms with van der Waals surface area (Å²) in [6.45, 7) is 0. The highest BCUT2D eigenvalue weighted by Crippen LogP contribution is 2.28. The normalized spacial score (nSPS) is 12.6. The Hall–Kier alpha value is -4.28. The summed E-state index contributed by atoms with van der Waals surface area (Å²) in [4.78, 5) is 20.6. The van der Waals surface area contributed by atoms with E-state index in [-0.39, 0.29) is 23.0 Å². The van der Waals surface area contributed by atoms with Gasteiger partial charge in [-0.1, -0.05) is 18.2 Å². The zero-order valence-electron chi connectivity index (χ0n) is 14.6. The lowest BCUT2D eigenvalue weighted by Gasteiger charge is -2.15. The van der Waals surface area contributed by atoms with Crippen LogP contribution < -0.4 is 5.73 Å². The molecule has 5 rings (SSSR count). The summed E-state index contributed by atoms with van der Waals surface area (Å²) in [6, 6.07) is 7.55. The first-order chi connectivity index (χ1) is 14.0. The number of rotatable bonds is 4. The van der Waals surface area contributed by atoms with Gasteiger partial charge in [0, 0.05) is 5.56 Å². The van der Waals surface area contributed by atoms with Gasteiger partial charge in [-0.15, -0.1) is 5.10 Å². The average Bonchev–Trinajstić information content (AvgIpc) is 3.42. The smallest absolute Gasteiger partial charge is 0.333 e. The number of aliphatic carboxylic acids is 1. The van der Waals surface area contributed by atoms with Crippen LogP contribution in [0, 0.1) is 5.82 Å². The first-order valence-electron chi connectivity index (χ1n) is 8.45. The molecule has 0 aliphatic heterocycles. The second-order valence-corrected chi connectivity index (χ2v) is 6.21. The van der Waals surface area contributed by atoms with Gasteiger partial charge in [0.05, 0.1) is 17.8 Å². The average molecular weight is 393 g/mol. The number of anilines is 1. The van der Waals surface area contributed by atoms with Crippen molar-refractivity contribution >= 4 is 28.6 Å². The van der Waals surface area contributed by atoms with E-state index in [1.54, 1.807) is 18.2 Å². The maximum Gasteiger partial charge on any atom is 0.333 e. The third-order valence-electron chi connectivity index (χ3n) is 4.47. The van der Waals surface area contributed by atoms with Crippen LogP contribution in [0.3, 0.4) is 0 Å². The maximum atomic E-state index is 14.3. The number of fused-ring (bicyclic) bond motifs is 3. The number of nitrogens with two attached hydrogens (primary N) is 1. The molecule has 0 saturated carbocycles. The van der Waals surface area contributed by atoms with Gasteiger partial charge in [0.2, 0.25) is 11.8 Å². The van der Waals surface area contributed by atoms with Crippen molar-refractivity contribution in [3.63, 3.8) is 0 Å². The van der Waals surface area contributed by atoms with Gasteiger partial charge in [0.1, 0.15) is 5.82 Å². The van der Waals surface area contributed by atoms with Crippen LogP contribution in [0.2, 0.25) is 0 Å². The van der Waals surface area contributed by atoms with Crippen LogP contribution in [0.25, 0.3) is 28.3 Å². The molecule has 3 N–H and O–H groups in total. The predicted molar refractivity (Wildman–Crippen MR) is 98.4 cm³/mol. The Kier molecular flexibility index (Phi) is 3.56. The van der Waals surface area contributed by atoms with E-state index < -0.39 is 17.8 Å². The molecule has 11 heteroatoms. The second kappa shape index (κ2) is 6.12. The fourth-order valence-electron chi connectivity index (χ4n) is 3.19. The van der Waals surface area contributed by atoms with E-state index in [9.17, 15) is 14.3 Å². The number of carbonyl (C=O) groups is 1. The molecular formula is C18H12FN7O3. The molecule has 0 aliphatic rings. The topological polar surface area (TPSA) is 137 Å². The van der Waals surface area contributed by atoms with Gasteiger partial charge in [-0.3, -0.25) is 0 Å². The van der Waals surface area contributed by atoms with Gasteiger partial charge >= 0.3 is 5.97 Å². The number of hydrogen-bond donors (Lipinski definition) is 2. The van der Waals surface area contributed by atoms with E-state index in [2.05, 4.69) is 20.2 Å². The Morgan fingerprint density at radius 2 is 2.00 bits per heavy atom. The molecule has 0 spiro atoms. The lowest BCUT2D eigenvalue weighted by molar-refractivity contribution is -0.139. The third kappa shape index (κ3) is 2.51. The van der Waals surface area contributed by atoms with E-state index in [1.807, 2.05) is 0 Å². The minimum Gasteiger partial charge on any atom is -0.479 e. The van der Waals surface area contributed by atoms with Crippen molar-refractivity contribution in [2.24, 2.45) is 0 Å². The summed E-state index contributed by atoms with van der Waals surface area (Å²) in [5.41, 5.74) is 6.43. The van der Waals surface area contributed by atoms with Crippen LogP contribution in [0.5, 0.6) is 0 Å². The number of hydrogen-bond acceptors (Lipinski definition) is 7. The molecular weight excluding hydrogens is 381 g/mol. The highest BCUT2D eigenvalue weighted by Gasteiger charge is 2.29. The van der Waals surface area contributed by atoms with Gasteiger partial charge in [-0.25, -0.2) is 18.9 Å². The number of nitrogen functional groups attached to an aromatic ring is 1. The molecule has 29 heavy (non-hydrogen) atoms. The van der Waals surface area contributed by atoms with Gasteiger partial charge < -0.3 is 15.3 Å². The number of furan rings is 1. The summed E-state index contributed by atoms with van der Waals surface area (Å²) < 4.78 is 22.0. The number of halogens is 1.